The van der Waals surface area contributed by atoms with Gasteiger partial charge < -0.3 is 30.0 Å². The molecule has 34 heavy (non-hydrogen) atoms. The average Bonchev–Trinajstić information content (AvgIpc) is 3.38. The Balaban J connectivity index is 1.69. The van der Waals surface area contributed by atoms with E-state index in [4.69, 9.17) is 24.2 Å². The average molecular weight is 466 g/mol. The van der Waals surface area contributed by atoms with Crippen LogP contribution in [0.1, 0.15) is 12.0 Å². The molecule has 0 aliphatic carbocycles. The number of ether oxygens (including phenoxy) is 3. The number of likely N-dealkylation sites (N-methyl/N-ethyl adjacent to an activating group) is 1. The number of aliphatic hydroxyl groups is 1. The Labute approximate surface area is 199 Å². The molecule has 0 saturated carbocycles. The van der Waals surface area contributed by atoms with Gasteiger partial charge in [-0.3, -0.25) is 0 Å². The summed E-state index contributed by atoms with van der Waals surface area (Å²) in [6.45, 7) is 4.04. The highest BCUT2D eigenvalue weighted by atomic mass is 16.5. The molecule has 1 unspecified atom stereocenters. The summed E-state index contributed by atoms with van der Waals surface area (Å²) >= 11 is 0. The normalized spacial score (nSPS) is 16.3. The van der Waals surface area contributed by atoms with E-state index in [1.165, 1.54) is 0 Å². The molecule has 0 bridgehead atoms. The Kier molecular flexibility index (Phi) is 7.89. The summed E-state index contributed by atoms with van der Waals surface area (Å²) in [4.78, 5) is 14.1. The Morgan fingerprint density at radius 3 is 2.79 bits per heavy atom. The van der Waals surface area contributed by atoms with Crippen LogP contribution in [-0.4, -0.2) is 72.7 Å². The molecule has 9 nitrogen and oxygen atoms in total. The smallest absolute Gasteiger partial charge is 0.212 e. The maximum Gasteiger partial charge on any atom is 0.212 e. The zero-order valence-electron chi connectivity index (χ0n) is 19.7. The number of hydrogen-bond acceptors (Lipinski definition) is 9. The van der Waals surface area contributed by atoms with Crippen LogP contribution in [0.4, 0.5) is 5.82 Å². The second-order valence-corrected chi connectivity index (χ2v) is 8.21. The number of nitrogens with one attached hydrogen (secondary N) is 2. The summed E-state index contributed by atoms with van der Waals surface area (Å²) in [5.74, 6) is 2.52. The van der Waals surface area contributed by atoms with E-state index in [1.54, 1.807) is 20.4 Å². The van der Waals surface area contributed by atoms with Gasteiger partial charge in [0.1, 0.15) is 24.3 Å². The summed E-state index contributed by atoms with van der Waals surface area (Å²) in [7, 11) is 3.38. The quantitative estimate of drug-likeness (QED) is 0.416. The maximum atomic E-state index is 9.95. The van der Waals surface area contributed by atoms with Gasteiger partial charge >= 0.3 is 0 Å². The van der Waals surface area contributed by atoms with Gasteiger partial charge in [-0.15, -0.1) is 0 Å². The number of nitrogens with zero attached hydrogens (tertiary/aromatic N) is 3. The van der Waals surface area contributed by atoms with Crippen molar-refractivity contribution in [3.05, 3.63) is 48.2 Å². The largest absolute Gasteiger partial charge is 0.491 e. The molecular weight excluding hydrogens is 434 g/mol. The minimum atomic E-state index is -0.595. The van der Waals surface area contributed by atoms with E-state index >= 15 is 0 Å². The van der Waals surface area contributed by atoms with Gasteiger partial charge in [0.05, 0.1) is 25.5 Å². The van der Waals surface area contributed by atoms with Gasteiger partial charge in [0.15, 0.2) is 5.82 Å². The number of rotatable bonds is 10. The fourth-order valence-electron chi connectivity index (χ4n) is 3.76. The Morgan fingerprint density at radius 1 is 1.21 bits per heavy atom. The van der Waals surface area contributed by atoms with E-state index in [9.17, 15) is 5.11 Å². The van der Waals surface area contributed by atoms with Crippen molar-refractivity contribution >= 4 is 5.82 Å². The Bertz CT molecular complexity index is 1090. The molecule has 3 N–H and O–H groups in total. The predicted molar refractivity (Wildman–Crippen MR) is 130 cm³/mol. The third kappa shape index (κ3) is 5.80. The van der Waals surface area contributed by atoms with Crippen LogP contribution >= 0.6 is 0 Å². The van der Waals surface area contributed by atoms with Crippen LogP contribution in [0.25, 0.3) is 22.6 Å². The highest BCUT2D eigenvalue weighted by Crippen LogP contribution is 2.31. The summed E-state index contributed by atoms with van der Waals surface area (Å²) in [5, 5.41) is 16.4. The number of methoxy groups -OCH3 is 1. The molecule has 1 aromatic carbocycles. The predicted octanol–water partition coefficient (Wildman–Crippen LogP) is 2.68. The van der Waals surface area contributed by atoms with Gasteiger partial charge in [-0.1, -0.05) is 12.1 Å². The van der Waals surface area contributed by atoms with Crippen molar-refractivity contribution in [1.82, 2.24) is 20.3 Å². The third-order valence-electron chi connectivity index (χ3n) is 5.61. The zero-order valence-corrected chi connectivity index (χ0v) is 19.7. The molecule has 1 aliphatic heterocycles. The number of aromatic nitrogens is 3. The first kappa shape index (κ1) is 23.9. The van der Waals surface area contributed by atoms with Crippen molar-refractivity contribution in [2.24, 2.45) is 0 Å². The maximum absolute atomic E-state index is 9.95. The molecule has 0 amide bonds. The van der Waals surface area contributed by atoms with Gasteiger partial charge in [0.2, 0.25) is 5.88 Å². The third-order valence-corrected chi connectivity index (χ3v) is 5.61. The number of benzene rings is 1. The summed E-state index contributed by atoms with van der Waals surface area (Å²) in [5.41, 5.74) is 3.41. The lowest BCUT2D eigenvalue weighted by Crippen LogP contribution is -2.29. The van der Waals surface area contributed by atoms with Gasteiger partial charge in [-0.25, -0.2) is 15.0 Å². The van der Waals surface area contributed by atoms with Gasteiger partial charge in [0.25, 0.3) is 0 Å². The molecule has 2 aromatic heterocycles. The first-order valence-corrected chi connectivity index (χ1v) is 11.4. The first-order chi connectivity index (χ1) is 16.6. The van der Waals surface area contributed by atoms with E-state index in [0.717, 1.165) is 41.2 Å². The lowest BCUT2D eigenvalue weighted by Gasteiger charge is -2.18. The SMILES string of the molecule is CNCC(O)COc1cccc(-c2nc(N[C@@H]3CCOC3)c(C)c(-c3ccc(OC)nc3)n2)c1. The van der Waals surface area contributed by atoms with Crippen LogP contribution in [-0.2, 0) is 4.74 Å². The molecule has 1 aliphatic rings. The molecular formula is C25H31N5O4. The minimum Gasteiger partial charge on any atom is -0.491 e. The number of pyridine rings is 1. The Morgan fingerprint density at radius 2 is 2.09 bits per heavy atom. The first-order valence-electron chi connectivity index (χ1n) is 11.4. The van der Waals surface area contributed by atoms with Crippen molar-refractivity contribution in [3.8, 4) is 34.3 Å². The monoisotopic (exact) mass is 465 g/mol. The standard InChI is InChI=1S/C25H31N5O4/c1-16-23(18-7-8-22(32-3)27-12-18)29-25(30-24(16)28-19-9-10-33-14-19)17-5-4-6-21(11-17)34-15-20(31)13-26-2/h4-8,11-12,19-20,26,31H,9-10,13-15H2,1-3H3,(H,28,29,30)/t19-,20?/m1/s1. The van der Waals surface area contributed by atoms with Crippen molar-refractivity contribution in [2.45, 2.75) is 25.5 Å². The second kappa shape index (κ2) is 11.2. The molecule has 180 valence electrons. The van der Waals surface area contributed by atoms with Crippen molar-refractivity contribution in [3.63, 3.8) is 0 Å². The van der Waals surface area contributed by atoms with Crippen molar-refractivity contribution in [1.29, 1.82) is 0 Å². The highest BCUT2D eigenvalue weighted by Gasteiger charge is 2.20. The van der Waals surface area contributed by atoms with Crippen LogP contribution < -0.4 is 20.1 Å². The lowest BCUT2D eigenvalue weighted by molar-refractivity contribution is 0.108. The van der Waals surface area contributed by atoms with Gasteiger partial charge in [-0.2, -0.15) is 0 Å². The topological polar surface area (TPSA) is 111 Å². The van der Waals surface area contributed by atoms with E-state index in [-0.39, 0.29) is 12.6 Å². The van der Waals surface area contributed by atoms with Crippen LogP contribution in [0.5, 0.6) is 11.6 Å². The zero-order chi connectivity index (χ0) is 23.9. The highest BCUT2D eigenvalue weighted by molar-refractivity contribution is 5.72. The summed E-state index contributed by atoms with van der Waals surface area (Å²) in [6, 6.07) is 11.5. The fourth-order valence-corrected chi connectivity index (χ4v) is 3.76. The fraction of sp³-hybridized carbons (Fsp3) is 0.400. The molecule has 3 aromatic rings. The number of hydrogen-bond donors (Lipinski definition) is 3. The molecule has 1 saturated heterocycles. The molecule has 0 spiro atoms. The minimum absolute atomic E-state index is 0.191. The molecule has 4 rings (SSSR count). The van der Waals surface area contributed by atoms with Crippen LogP contribution in [0, 0.1) is 6.92 Å². The lowest BCUT2D eigenvalue weighted by atomic mass is 10.1. The summed E-state index contributed by atoms with van der Waals surface area (Å²) in [6.07, 6.45) is 2.09. The molecule has 3 heterocycles. The van der Waals surface area contributed by atoms with E-state index < -0.39 is 6.10 Å². The number of anilines is 1. The Hall–Kier alpha value is -3.27. The second-order valence-electron chi connectivity index (χ2n) is 8.21. The van der Waals surface area contributed by atoms with Crippen molar-refractivity contribution in [2.75, 3.05) is 45.8 Å². The van der Waals surface area contributed by atoms with E-state index in [1.807, 2.05) is 43.3 Å². The van der Waals surface area contributed by atoms with Crippen molar-refractivity contribution < 1.29 is 19.3 Å². The van der Waals surface area contributed by atoms with E-state index in [2.05, 4.69) is 15.6 Å². The molecule has 0 radical (unpaired) electrons. The van der Waals surface area contributed by atoms with Crippen LogP contribution in [0.2, 0.25) is 0 Å². The molecule has 2 atom stereocenters. The number of aliphatic hydroxyl groups excluding tert-OH is 1. The molecule has 1 fully saturated rings. The van der Waals surface area contributed by atoms with Crippen LogP contribution in [0.3, 0.4) is 0 Å². The van der Waals surface area contributed by atoms with Gasteiger partial charge in [-0.05, 0) is 38.6 Å². The van der Waals surface area contributed by atoms with E-state index in [0.29, 0.717) is 30.6 Å². The molecule has 9 heteroatoms. The van der Waals surface area contributed by atoms with Gasteiger partial charge in [0, 0.05) is 42.1 Å². The van der Waals surface area contributed by atoms with Crippen LogP contribution in [0.15, 0.2) is 42.6 Å². The summed E-state index contributed by atoms with van der Waals surface area (Å²) < 4.78 is 16.5.